The van der Waals surface area contributed by atoms with E-state index in [-0.39, 0.29) is 5.91 Å². The Morgan fingerprint density at radius 1 is 1.45 bits per heavy atom. The predicted molar refractivity (Wildman–Crippen MR) is 82.0 cm³/mol. The molecule has 1 N–H and O–H groups in total. The van der Waals surface area contributed by atoms with Gasteiger partial charge in [0.2, 0.25) is 5.91 Å². The summed E-state index contributed by atoms with van der Waals surface area (Å²) in [5, 5.41) is 3.82. The van der Waals surface area contributed by atoms with Crippen LogP contribution in [-0.2, 0) is 11.2 Å². The lowest BCUT2D eigenvalue weighted by atomic mass is 9.95. The van der Waals surface area contributed by atoms with Gasteiger partial charge in [0, 0.05) is 17.5 Å². The monoisotopic (exact) mass is 271 g/mol. The lowest BCUT2D eigenvalue weighted by Crippen LogP contribution is -2.24. The molecule has 3 heteroatoms. The molecule has 0 aliphatic rings. The van der Waals surface area contributed by atoms with Crippen molar-refractivity contribution in [1.82, 2.24) is 5.32 Å². The molecule has 2 aromatic rings. The number of nitrogens with one attached hydrogen (secondary N) is 1. The quantitative estimate of drug-likeness (QED) is 0.842. The summed E-state index contributed by atoms with van der Waals surface area (Å²) in [5.74, 6) is 0.441. The second-order valence-electron chi connectivity index (χ2n) is 5.39. The summed E-state index contributed by atoms with van der Waals surface area (Å²) in [7, 11) is 0. The molecule has 1 aromatic carbocycles. The fourth-order valence-electron chi connectivity index (χ4n) is 2.43. The summed E-state index contributed by atoms with van der Waals surface area (Å²) >= 11 is 0. The van der Waals surface area contributed by atoms with Crippen molar-refractivity contribution in [2.24, 2.45) is 0 Å². The van der Waals surface area contributed by atoms with Crippen LogP contribution in [0.4, 0.5) is 0 Å². The van der Waals surface area contributed by atoms with Gasteiger partial charge in [-0.1, -0.05) is 19.9 Å². The van der Waals surface area contributed by atoms with E-state index in [1.807, 2.05) is 0 Å². The number of hydrogen-bond acceptors (Lipinski definition) is 2. The third-order valence-corrected chi connectivity index (χ3v) is 3.46. The van der Waals surface area contributed by atoms with Gasteiger partial charge in [-0.05, 0) is 36.1 Å². The van der Waals surface area contributed by atoms with Gasteiger partial charge in [0.1, 0.15) is 5.58 Å². The summed E-state index contributed by atoms with van der Waals surface area (Å²) in [6.07, 6.45) is 3.69. The van der Waals surface area contributed by atoms with Gasteiger partial charge in [-0.25, -0.2) is 0 Å². The molecular formula is C17H21NO2. The maximum atomic E-state index is 11.8. The normalized spacial score (nSPS) is 11.0. The third kappa shape index (κ3) is 2.93. The fraction of sp³-hybridized carbons (Fsp3) is 0.353. The number of aryl methyl sites for hydroxylation is 1. The lowest BCUT2D eigenvalue weighted by Gasteiger charge is -2.10. The van der Waals surface area contributed by atoms with Gasteiger partial charge in [-0.15, -0.1) is 6.58 Å². The first-order chi connectivity index (χ1) is 9.52. The Bertz CT molecular complexity index is 638. The molecule has 0 saturated carbocycles. The van der Waals surface area contributed by atoms with Crippen LogP contribution in [0.2, 0.25) is 0 Å². The first-order valence-electron chi connectivity index (χ1n) is 6.91. The fourth-order valence-corrected chi connectivity index (χ4v) is 2.43. The molecule has 0 radical (unpaired) electrons. The number of fused-ring (bicyclic) bond motifs is 1. The molecule has 0 saturated heterocycles. The Labute approximate surface area is 119 Å². The van der Waals surface area contributed by atoms with Crippen LogP contribution < -0.4 is 5.32 Å². The van der Waals surface area contributed by atoms with Crippen LogP contribution in [0.3, 0.4) is 0 Å². The van der Waals surface area contributed by atoms with Crippen molar-refractivity contribution >= 4 is 16.9 Å². The summed E-state index contributed by atoms with van der Waals surface area (Å²) < 4.78 is 5.57. The van der Waals surface area contributed by atoms with E-state index in [4.69, 9.17) is 4.42 Å². The number of amides is 1. The minimum absolute atomic E-state index is 0.0146. The van der Waals surface area contributed by atoms with Crippen molar-refractivity contribution < 1.29 is 9.21 Å². The average molecular weight is 271 g/mol. The van der Waals surface area contributed by atoms with Gasteiger partial charge in [0.25, 0.3) is 0 Å². The molecule has 0 fully saturated rings. The van der Waals surface area contributed by atoms with E-state index >= 15 is 0 Å². The average Bonchev–Trinajstić information content (AvgIpc) is 2.77. The zero-order valence-corrected chi connectivity index (χ0v) is 12.3. The van der Waals surface area contributed by atoms with E-state index in [1.54, 1.807) is 12.3 Å². The van der Waals surface area contributed by atoms with E-state index < -0.39 is 0 Å². The summed E-state index contributed by atoms with van der Waals surface area (Å²) in [5.41, 5.74) is 4.30. The van der Waals surface area contributed by atoms with Crippen molar-refractivity contribution in [3.8, 4) is 0 Å². The van der Waals surface area contributed by atoms with Crippen molar-refractivity contribution in [3.05, 3.63) is 47.7 Å². The zero-order chi connectivity index (χ0) is 14.7. The topological polar surface area (TPSA) is 42.2 Å². The molecule has 0 aliphatic heterocycles. The van der Waals surface area contributed by atoms with Gasteiger partial charge in [-0.3, -0.25) is 4.79 Å². The SMILES string of the molecule is C=CCNC(=O)Cc1coc2cc(C)c(C(C)C)cc12. The molecular weight excluding hydrogens is 250 g/mol. The Balaban J connectivity index is 2.33. The highest BCUT2D eigenvalue weighted by Crippen LogP contribution is 2.29. The van der Waals surface area contributed by atoms with Crippen LogP contribution >= 0.6 is 0 Å². The minimum Gasteiger partial charge on any atom is -0.464 e. The summed E-state index contributed by atoms with van der Waals surface area (Å²) in [6.45, 7) is 10.5. The number of carbonyl (C=O) groups excluding carboxylic acids is 1. The van der Waals surface area contributed by atoms with E-state index in [1.165, 1.54) is 11.1 Å². The smallest absolute Gasteiger partial charge is 0.224 e. The molecule has 1 amide bonds. The van der Waals surface area contributed by atoms with E-state index in [0.29, 0.717) is 18.9 Å². The molecule has 0 spiro atoms. The van der Waals surface area contributed by atoms with Gasteiger partial charge < -0.3 is 9.73 Å². The lowest BCUT2D eigenvalue weighted by molar-refractivity contribution is -0.120. The van der Waals surface area contributed by atoms with Crippen LogP contribution in [0.25, 0.3) is 11.0 Å². The van der Waals surface area contributed by atoms with Crippen LogP contribution in [-0.4, -0.2) is 12.5 Å². The largest absolute Gasteiger partial charge is 0.464 e. The van der Waals surface area contributed by atoms with Crippen molar-refractivity contribution in [2.45, 2.75) is 33.1 Å². The Morgan fingerprint density at radius 2 is 2.20 bits per heavy atom. The number of benzene rings is 1. The standard InChI is InChI=1S/C17H21NO2/c1-5-6-18-17(19)8-13-10-20-16-7-12(4)14(11(2)3)9-15(13)16/h5,7,9-11H,1,6,8H2,2-4H3,(H,18,19). The third-order valence-electron chi connectivity index (χ3n) is 3.46. The molecule has 0 unspecified atom stereocenters. The van der Waals surface area contributed by atoms with Crippen LogP contribution in [0, 0.1) is 6.92 Å². The van der Waals surface area contributed by atoms with Gasteiger partial charge in [-0.2, -0.15) is 0 Å². The number of rotatable bonds is 5. The van der Waals surface area contributed by atoms with Gasteiger partial charge >= 0.3 is 0 Å². The van der Waals surface area contributed by atoms with Crippen molar-refractivity contribution in [3.63, 3.8) is 0 Å². The molecule has 2 rings (SSSR count). The number of carbonyl (C=O) groups is 1. The second-order valence-corrected chi connectivity index (χ2v) is 5.39. The maximum absolute atomic E-state index is 11.8. The van der Waals surface area contributed by atoms with Gasteiger partial charge in [0.05, 0.1) is 12.7 Å². The van der Waals surface area contributed by atoms with Crippen LogP contribution in [0.15, 0.2) is 35.5 Å². The first-order valence-corrected chi connectivity index (χ1v) is 6.91. The molecule has 1 heterocycles. The van der Waals surface area contributed by atoms with E-state index in [2.05, 4.69) is 44.8 Å². The Hall–Kier alpha value is -2.03. The van der Waals surface area contributed by atoms with E-state index in [9.17, 15) is 4.79 Å². The summed E-state index contributed by atoms with van der Waals surface area (Å²) in [6, 6.07) is 4.20. The van der Waals surface area contributed by atoms with Gasteiger partial charge in [0.15, 0.2) is 0 Å². The van der Waals surface area contributed by atoms with Crippen LogP contribution in [0.5, 0.6) is 0 Å². The van der Waals surface area contributed by atoms with Crippen LogP contribution in [0.1, 0.15) is 36.5 Å². The highest BCUT2D eigenvalue weighted by molar-refractivity contribution is 5.88. The molecule has 0 atom stereocenters. The highest BCUT2D eigenvalue weighted by atomic mass is 16.3. The molecule has 0 aliphatic carbocycles. The maximum Gasteiger partial charge on any atom is 0.224 e. The molecule has 106 valence electrons. The van der Waals surface area contributed by atoms with Crippen molar-refractivity contribution in [2.75, 3.05) is 6.54 Å². The molecule has 1 aromatic heterocycles. The molecule has 20 heavy (non-hydrogen) atoms. The molecule has 0 bridgehead atoms. The van der Waals surface area contributed by atoms with Crippen molar-refractivity contribution in [1.29, 1.82) is 0 Å². The number of hydrogen-bond donors (Lipinski definition) is 1. The highest BCUT2D eigenvalue weighted by Gasteiger charge is 2.13. The molecule has 3 nitrogen and oxygen atoms in total. The predicted octanol–water partition coefficient (Wildman–Crippen LogP) is 3.71. The zero-order valence-electron chi connectivity index (χ0n) is 12.3. The second kappa shape index (κ2) is 5.95. The Morgan fingerprint density at radius 3 is 2.85 bits per heavy atom. The first kappa shape index (κ1) is 14.4. The van der Waals surface area contributed by atoms with E-state index in [0.717, 1.165) is 16.5 Å². The Kier molecular flexibility index (Phi) is 4.28. The number of furan rings is 1. The summed E-state index contributed by atoms with van der Waals surface area (Å²) in [4.78, 5) is 11.8. The minimum atomic E-state index is -0.0146.